The third-order valence-corrected chi connectivity index (χ3v) is 5.25. The summed E-state index contributed by atoms with van der Waals surface area (Å²) < 4.78 is 70.2. The predicted octanol–water partition coefficient (Wildman–Crippen LogP) is -3.73. The molecule has 0 aliphatic heterocycles. The molecule has 0 radical (unpaired) electrons. The van der Waals surface area contributed by atoms with Gasteiger partial charge < -0.3 is 0 Å². The van der Waals surface area contributed by atoms with Gasteiger partial charge >= 0.3 is 5.82 Å². The fraction of sp³-hybridized carbons (Fsp3) is 0. The molecule has 0 amide bonds. The van der Waals surface area contributed by atoms with Gasteiger partial charge in [-0.2, -0.15) is 4.98 Å². The summed E-state index contributed by atoms with van der Waals surface area (Å²) in [5, 5.41) is 0. The summed E-state index contributed by atoms with van der Waals surface area (Å²) in [5.74, 6) is 1.02. The Bertz CT molecular complexity index is 1380. The molecule has 0 aliphatic rings. The molecule has 3 aromatic carbocycles. The van der Waals surface area contributed by atoms with Crippen molar-refractivity contribution in [1.29, 1.82) is 0 Å². The molecule has 40 heavy (non-hydrogen) atoms. The lowest BCUT2D eigenvalue weighted by molar-refractivity contribution is -2.00. The number of benzene rings is 3. The molecule has 0 aliphatic carbocycles. The lowest BCUT2D eigenvalue weighted by Gasteiger charge is -2.17. The molecule has 0 fully saturated rings. The molecule has 0 atom stereocenters. The van der Waals surface area contributed by atoms with E-state index in [0.29, 0.717) is 0 Å². The monoisotopic (exact) mass is 584 g/mol. The van der Waals surface area contributed by atoms with E-state index in [1.807, 2.05) is 12.3 Å². The van der Waals surface area contributed by atoms with Crippen LogP contribution in [0.5, 0.6) is 0 Å². The molecule has 5 aromatic rings. The summed E-state index contributed by atoms with van der Waals surface area (Å²) in [5.41, 5.74) is 7.02. The first kappa shape index (κ1) is 30.8. The second kappa shape index (κ2) is 14.0. The molecule has 0 bridgehead atoms. The summed E-state index contributed by atoms with van der Waals surface area (Å²) in [6, 6.07) is 42.4. The Balaban J connectivity index is 0.000000381. The van der Waals surface area contributed by atoms with E-state index in [-0.39, 0.29) is 0 Å². The van der Waals surface area contributed by atoms with Gasteiger partial charge in [-0.15, -0.1) is 20.5 Å². The third-order valence-electron chi connectivity index (χ3n) is 5.25. The van der Waals surface area contributed by atoms with Crippen LogP contribution in [0.25, 0.3) is 39.5 Å². The molecule has 2 heterocycles. The van der Waals surface area contributed by atoms with Crippen molar-refractivity contribution in [1.82, 2.24) is 0 Å². The van der Waals surface area contributed by atoms with Crippen LogP contribution in [0.1, 0.15) is 0 Å². The normalized spacial score (nSPS) is 11.0. The summed E-state index contributed by atoms with van der Waals surface area (Å²) >= 11 is 0. The van der Waals surface area contributed by atoms with Crippen LogP contribution in [0.15, 0.2) is 128 Å². The highest BCUT2D eigenvalue weighted by molar-refractivity contribution is 5.74. The van der Waals surface area contributed by atoms with Gasteiger partial charge in [-0.3, -0.25) is 0 Å². The van der Waals surface area contributed by atoms with Crippen molar-refractivity contribution in [3.8, 4) is 39.5 Å². The van der Waals surface area contributed by atoms with Crippen LogP contribution in [-0.4, -0.2) is 0 Å². The smallest absolute Gasteiger partial charge is 0.222 e. The minimum atomic E-state index is -4.94. The largest absolute Gasteiger partial charge is 0.448 e. The molecule has 12 heteroatoms. The Morgan fingerprint density at radius 1 is 0.425 bits per heavy atom. The van der Waals surface area contributed by atoms with Gasteiger partial charge in [0.1, 0.15) is 0 Å². The first-order chi connectivity index (χ1) is 18.9. The minimum absolute atomic E-state index is 1.02. The van der Waals surface area contributed by atoms with Gasteiger partial charge in [0.15, 0.2) is 6.20 Å². The van der Waals surface area contributed by atoms with E-state index in [2.05, 4.69) is 125 Å². The van der Waals surface area contributed by atoms with Crippen LogP contribution in [0.3, 0.4) is 0 Å². The first-order valence-electron chi connectivity index (χ1n) is 11.4. The Hall–Kier alpha value is -3.78. The average molecular weight is 585 g/mol. The maximum Gasteiger partial charge on any atom is 0.448 e. The molecule has 206 valence electrons. The van der Waals surface area contributed by atoms with Crippen molar-refractivity contribution < 1.29 is 67.3 Å². The summed E-state index contributed by atoms with van der Waals surface area (Å²) in [6.45, 7) is 0. The second-order valence-corrected chi connectivity index (χ2v) is 9.46. The number of nitrogens with zero attached hydrogens (tertiary/aromatic N) is 1. The number of nitrogens with one attached hydrogen (secondary N) is 1. The number of halogens is 2. The van der Waals surface area contributed by atoms with Gasteiger partial charge in [-0.05, 0) is 41.5 Å². The molecule has 0 spiro atoms. The number of aromatic amines is 1. The molecular formula is C28H22Cl2N2O8. The molecule has 10 nitrogen and oxygen atoms in total. The second-order valence-electron chi connectivity index (χ2n) is 7.95. The standard InChI is InChI=1S/C28H21N2.2ClHO4/c1-4-12-22(13-5-1)25-20-26(23-14-6-2-7-15-23)30(28-18-10-11-19-29-28)27(21-25)24-16-8-3-9-17-24;2*2-1(3,4)5/h1-21H;2*(H,2,3,4,5)/q+1;;/p-1. The zero-order chi connectivity index (χ0) is 29.2. The molecular weight excluding hydrogens is 563 g/mol. The van der Waals surface area contributed by atoms with E-state index in [0.717, 1.165) is 17.2 Å². The summed E-state index contributed by atoms with van der Waals surface area (Å²) in [6.07, 6.45) is 1.97. The summed E-state index contributed by atoms with van der Waals surface area (Å²) in [7, 11) is -9.89. The quantitative estimate of drug-likeness (QED) is 0.191. The van der Waals surface area contributed by atoms with E-state index < -0.39 is 20.5 Å². The van der Waals surface area contributed by atoms with E-state index in [4.69, 9.17) is 37.3 Å². The Morgan fingerprint density at radius 2 is 0.775 bits per heavy atom. The van der Waals surface area contributed by atoms with Crippen molar-refractivity contribution in [2.24, 2.45) is 0 Å². The van der Waals surface area contributed by atoms with Gasteiger partial charge in [-0.25, -0.2) is 37.3 Å². The number of rotatable bonds is 4. The van der Waals surface area contributed by atoms with Crippen molar-refractivity contribution in [2.75, 3.05) is 0 Å². The minimum Gasteiger partial charge on any atom is -0.222 e. The molecule has 0 saturated heterocycles. The molecule has 1 N–H and O–H groups in total. The maximum atomic E-state index is 8.49. The van der Waals surface area contributed by atoms with Crippen LogP contribution in [0.4, 0.5) is 0 Å². The van der Waals surface area contributed by atoms with Gasteiger partial charge in [0.05, 0.1) is 6.07 Å². The van der Waals surface area contributed by atoms with E-state index in [1.54, 1.807) is 0 Å². The molecule has 5 rings (SSSR count). The van der Waals surface area contributed by atoms with Gasteiger partial charge in [0.25, 0.3) is 0 Å². The van der Waals surface area contributed by atoms with Crippen molar-refractivity contribution >= 4 is 0 Å². The average Bonchev–Trinajstić information content (AvgIpc) is 2.92. The SMILES string of the molecule is [O-][Cl+3]([O-])([O-])[O-].[O-][Cl+3]([O-])([O-])[O-].c1ccc(-c2cc(-c3ccccc3)[n+](-c3cccc[nH+]3)c(-c3ccccc3)c2)cc1. The van der Waals surface area contributed by atoms with E-state index in [9.17, 15) is 0 Å². The van der Waals surface area contributed by atoms with Gasteiger partial charge in [0.2, 0.25) is 11.4 Å². The molecule has 0 saturated carbocycles. The van der Waals surface area contributed by atoms with E-state index in [1.165, 1.54) is 22.3 Å². The molecule has 2 aromatic heterocycles. The first-order valence-corrected chi connectivity index (χ1v) is 13.8. The van der Waals surface area contributed by atoms with Crippen LogP contribution < -0.4 is 46.8 Å². The number of aromatic nitrogens is 2. The lowest BCUT2D eigenvalue weighted by Crippen LogP contribution is -2.68. The van der Waals surface area contributed by atoms with Crippen molar-refractivity contribution in [3.05, 3.63) is 128 Å². The summed E-state index contributed by atoms with van der Waals surface area (Å²) in [4.78, 5) is 3.43. The van der Waals surface area contributed by atoms with Gasteiger partial charge in [0, 0.05) is 29.3 Å². The molecule has 0 unspecified atom stereocenters. The lowest BCUT2D eigenvalue weighted by atomic mass is 9.99. The highest BCUT2D eigenvalue weighted by atomic mass is 35.7. The van der Waals surface area contributed by atoms with Crippen LogP contribution in [0, 0.1) is 20.5 Å². The van der Waals surface area contributed by atoms with Crippen LogP contribution in [-0.2, 0) is 0 Å². The van der Waals surface area contributed by atoms with Crippen LogP contribution in [0.2, 0.25) is 0 Å². The number of hydrogen-bond acceptors (Lipinski definition) is 8. The number of H-pyrrole nitrogens is 1. The Morgan fingerprint density at radius 3 is 1.12 bits per heavy atom. The Kier molecular flexibility index (Phi) is 10.8. The van der Waals surface area contributed by atoms with Crippen molar-refractivity contribution in [2.45, 2.75) is 0 Å². The predicted molar refractivity (Wildman–Crippen MR) is 121 cm³/mol. The maximum absolute atomic E-state index is 8.49. The number of pyridine rings is 2. The van der Waals surface area contributed by atoms with Crippen molar-refractivity contribution in [3.63, 3.8) is 0 Å². The third kappa shape index (κ3) is 10.4. The van der Waals surface area contributed by atoms with E-state index >= 15 is 0 Å². The Labute approximate surface area is 234 Å². The number of hydrogen-bond donors (Lipinski definition) is 0. The fourth-order valence-electron chi connectivity index (χ4n) is 3.82. The zero-order valence-corrected chi connectivity index (χ0v) is 22.1. The van der Waals surface area contributed by atoms with Gasteiger partial charge in [-0.1, -0.05) is 71.3 Å². The topological polar surface area (TPSA) is 202 Å². The zero-order valence-electron chi connectivity index (χ0n) is 20.6. The highest BCUT2D eigenvalue weighted by Crippen LogP contribution is 2.29. The highest BCUT2D eigenvalue weighted by Gasteiger charge is 2.28. The fourth-order valence-corrected chi connectivity index (χ4v) is 3.82. The van der Waals surface area contributed by atoms with Crippen LogP contribution >= 0.6 is 0 Å².